The van der Waals surface area contributed by atoms with Crippen LogP contribution in [0, 0.1) is 0 Å². The number of nitrogens with one attached hydrogen (secondary N) is 5. The van der Waals surface area contributed by atoms with E-state index in [1.165, 1.54) is 160 Å². The molecule has 0 aliphatic carbocycles. The van der Waals surface area contributed by atoms with Crippen LogP contribution in [0.2, 0.25) is 0 Å². The number of carbonyl (C=O) groups excluding carboxylic acids is 5. The van der Waals surface area contributed by atoms with E-state index in [-0.39, 0.29) is 88.6 Å². The third kappa shape index (κ3) is 39.5. The van der Waals surface area contributed by atoms with Gasteiger partial charge in [0.05, 0.1) is 38.2 Å². The highest BCUT2D eigenvalue weighted by molar-refractivity contribution is 7.47. The largest absolute Gasteiger partial charge is 0.480 e. The van der Waals surface area contributed by atoms with E-state index in [4.69, 9.17) is 29.0 Å². The number of nitrogens with zero attached hydrogens (tertiary/aromatic N) is 3. The van der Waals surface area contributed by atoms with Crippen LogP contribution in [-0.4, -0.2) is 117 Å². The average molecular weight is 1270 g/mol. The minimum atomic E-state index is -4.75. The van der Waals surface area contributed by atoms with Crippen molar-refractivity contribution in [2.24, 2.45) is 0 Å². The summed E-state index contributed by atoms with van der Waals surface area (Å²) in [6, 6.07) is 4.72. The van der Waals surface area contributed by atoms with Crippen LogP contribution in [0.15, 0.2) is 35.3 Å². The van der Waals surface area contributed by atoms with Crippen molar-refractivity contribution < 1.29 is 66.6 Å². The molecule has 0 fully saturated rings. The number of fused-ring (bicyclic) bond motifs is 1. The number of aliphatic carboxylic acids is 1. The zero-order chi connectivity index (χ0) is 63.9. The number of anilines is 2. The van der Waals surface area contributed by atoms with Crippen LogP contribution >= 0.6 is 7.82 Å². The molecular weight excluding hydrogens is 1170 g/mol. The van der Waals surface area contributed by atoms with E-state index in [0.29, 0.717) is 24.2 Å². The first-order valence-electron chi connectivity index (χ1n) is 32.6. The number of esters is 2. The lowest BCUT2D eigenvalue weighted by Crippen LogP contribution is -2.41. The molecule has 89 heavy (non-hydrogen) atoms. The topological polar surface area (TPSA) is 352 Å². The van der Waals surface area contributed by atoms with Crippen molar-refractivity contribution in [1.82, 2.24) is 35.9 Å². The van der Waals surface area contributed by atoms with E-state index in [2.05, 4.69) is 55.1 Å². The SMILES string of the molecule is C.CCCCCCCCCCCCCCCCCC(=O)OCC(COP(=O)(O)OCCNC(=O)OCCNC(=O)CCC(NC(=O)c1ccc(NCc2cnc3nc(N)[nH]c(=O)c3n2)cc1)C(=O)O)OC(=O)CCCCCCCCCCCCCCCCC. The number of nitrogen functional groups attached to an aromatic ring is 1. The lowest BCUT2D eigenvalue weighted by molar-refractivity contribution is -0.161. The second-order valence-electron chi connectivity index (χ2n) is 22.5. The predicted octanol–water partition coefficient (Wildman–Crippen LogP) is 12.5. The number of carboxylic acid groups (broad SMARTS) is 1. The summed E-state index contributed by atoms with van der Waals surface area (Å²) in [6.07, 6.45) is 34.9. The van der Waals surface area contributed by atoms with Gasteiger partial charge in [0.1, 0.15) is 19.3 Å². The maximum Gasteiger partial charge on any atom is 0.472 e. The van der Waals surface area contributed by atoms with E-state index < -0.39 is 74.6 Å². The minimum Gasteiger partial charge on any atom is -0.480 e. The summed E-state index contributed by atoms with van der Waals surface area (Å²) >= 11 is 0. The second-order valence-corrected chi connectivity index (χ2v) is 24.0. The van der Waals surface area contributed by atoms with Crippen LogP contribution in [0.25, 0.3) is 11.2 Å². The van der Waals surface area contributed by atoms with Gasteiger partial charge in [0.15, 0.2) is 17.3 Å². The van der Waals surface area contributed by atoms with Gasteiger partial charge in [-0.15, -0.1) is 0 Å². The summed E-state index contributed by atoms with van der Waals surface area (Å²) in [5.74, 6) is -3.71. The molecular formula is C64H108N9O15P. The van der Waals surface area contributed by atoms with Crippen molar-refractivity contribution in [3.63, 3.8) is 0 Å². The molecule has 9 N–H and O–H groups in total. The van der Waals surface area contributed by atoms with E-state index in [0.717, 1.165) is 38.5 Å². The molecule has 0 radical (unpaired) electrons. The molecule has 3 unspecified atom stereocenters. The number of rotatable bonds is 54. The number of hydrogen-bond acceptors (Lipinski definition) is 18. The Labute approximate surface area is 527 Å². The number of unbranched alkanes of at least 4 members (excludes halogenated alkanes) is 28. The number of ether oxygens (including phenoxy) is 3. The molecule has 2 aromatic heterocycles. The fourth-order valence-electron chi connectivity index (χ4n) is 9.67. The molecule has 2 heterocycles. The van der Waals surface area contributed by atoms with E-state index in [1.54, 1.807) is 12.1 Å². The van der Waals surface area contributed by atoms with Gasteiger partial charge in [0.25, 0.3) is 11.5 Å². The Kier molecular flexibility index (Phi) is 43.9. The predicted molar refractivity (Wildman–Crippen MR) is 345 cm³/mol. The van der Waals surface area contributed by atoms with Crippen LogP contribution in [0.5, 0.6) is 0 Å². The van der Waals surface area contributed by atoms with Crippen LogP contribution in [0.1, 0.15) is 256 Å². The van der Waals surface area contributed by atoms with Crippen molar-refractivity contribution in [3.8, 4) is 0 Å². The summed E-state index contributed by atoms with van der Waals surface area (Å²) in [4.78, 5) is 113. The second kappa shape index (κ2) is 49.5. The summed E-state index contributed by atoms with van der Waals surface area (Å²) in [5.41, 5.74) is 6.32. The lowest BCUT2D eigenvalue weighted by Gasteiger charge is -2.20. The zero-order valence-corrected chi connectivity index (χ0v) is 53.5. The van der Waals surface area contributed by atoms with Crippen LogP contribution < -0.4 is 32.6 Å². The Hall–Kier alpha value is -6.23. The molecule has 0 aliphatic rings. The Balaban J connectivity index is 0.0000270. The maximum atomic E-state index is 12.9. The van der Waals surface area contributed by atoms with Gasteiger partial charge in [-0.05, 0) is 43.5 Å². The summed E-state index contributed by atoms with van der Waals surface area (Å²) in [5, 5.41) is 20.1. The number of nitrogens with two attached hydrogens (primary N) is 1. The van der Waals surface area contributed by atoms with Gasteiger partial charge in [-0.3, -0.25) is 38.0 Å². The van der Waals surface area contributed by atoms with Crippen molar-refractivity contribution in [2.45, 2.75) is 258 Å². The number of aromatic amines is 1. The number of carbonyl (C=O) groups is 6. The summed E-state index contributed by atoms with van der Waals surface area (Å²) in [6.45, 7) is 2.51. The smallest absolute Gasteiger partial charge is 0.472 e. The summed E-state index contributed by atoms with van der Waals surface area (Å²) in [7, 11) is -4.75. The van der Waals surface area contributed by atoms with Crippen LogP contribution in [0.4, 0.5) is 16.4 Å². The van der Waals surface area contributed by atoms with E-state index in [1.807, 2.05) is 0 Å². The van der Waals surface area contributed by atoms with Gasteiger partial charge < -0.3 is 51.2 Å². The third-order valence-electron chi connectivity index (χ3n) is 14.8. The van der Waals surface area contributed by atoms with Gasteiger partial charge in [0.2, 0.25) is 11.9 Å². The van der Waals surface area contributed by atoms with Crippen molar-refractivity contribution >= 4 is 66.4 Å². The number of H-pyrrole nitrogens is 1. The van der Waals surface area contributed by atoms with Gasteiger partial charge in [-0.1, -0.05) is 201 Å². The molecule has 0 saturated heterocycles. The monoisotopic (exact) mass is 1270 g/mol. The average Bonchev–Trinajstić information content (AvgIpc) is 3.37. The maximum absolute atomic E-state index is 12.9. The molecule has 25 heteroatoms. The molecule has 1 aromatic carbocycles. The minimum absolute atomic E-state index is 0. The summed E-state index contributed by atoms with van der Waals surface area (Å²) < 4.78 is 39.0. The first-order valence-corrected chi connectivity index (χ1v) is 34.1. The Morgan fingerprint density at radius 3 is 1.66 bits per heavy atom. The number of amides is 3. The van der Waals surface area contributed by atoms with Crippen LogP contribution in [-0.2, 0) is 53.5 Å². The fraction of sp³-hybridized carbons (Fsp3) is 0.719. The third-order valence-corrected chi connectivity index (χ3v) is 15.8. The molecule has 0 bridgehead atoms. The lowest BCUT2D eigenvalue weighted by atomic mass is 10.0. The Morgan fingerprint density at radius 2 is 1.13 bits per heavy atom. The zero-order valence-electron chi connectivity index (χ0n) is 52.6. The molecule has 504 valence electrons. The number of aromatic nitrogens is 4. The molecule has 0 spiro atoms. The van der Waals surface area contributed by atoms with E-state index >= 15 is 0 Å². The van der Waals surface area contributed by atoms with Gasteiger partial charge in [0, 0.05) is 37.1 Å². The molecule has 0 saturated carbocycles. The number of phosphoric ester groups is 1. The fourth-order valence-corrected chi connectivity index (χ4v) is 10.4. The normalized spacial score (nSPS) is 12.5. The van der Waals surface area contributed by atoms with Crippen molar-refractivity contribution in [3.05, 3.63) is 52.1 Å². The highest BCUT2D eigenvalue weighted by atomic mass is 31.2. The number of benzene rings is 1. The molecule has 3 atom stereocenters. The first kappa shape index (κ1) is 78.9. The highest BCUT2D eigenvalue weighted by Gasteiger charge is 2.27. The molecule has 3 amide bonds. The molecule has 0 aliphatic heterocycles. The highest BCUT2D eigenvalue weighted by Crippen LogP contribution is 2.43. The number of hydrogen-bond donors (Lipinski definition) is 8. The van der Waals surface area contributed by atoms with Crippen molar-refractivity contribution in [2.75, 3.05) is 50.6 Å². The standard InChI is InChI=1S/C63H104N9O15P.CH4/c1-3-5-7-9-11-13-15-17-19-21-23-25-27-29-31-33-55(74)84-47-52(87-56(75)34-32-30-28-26-24-22-20-18-16-14-12-10-8-6-4-2)48-86-88(81,82)85-44-42-66-63(80)83-43-41-65-54(73)40-39-53(61(78)79)70-59(76)49-35-37-50(38-36-49)67-45-51-46-68-58-57(69-51)60(77)72-62(64)71-58;/h35-38,46,52-53,67H,3-34,39-45,47-48H2,1-2H3,(H,65,73)(H,66,80)(H,70,76)(H,78,79)(H,81,82)(H3,64,68,71,72,77);1H4. The Morgan fingerprint density at radius 1 is 0.629 bits per heavy atom. The molecule has 3 aromatic rings. The van der Waals surface area contributed by atoms with Gasteiger partial charge in [-0.2, -0.15) is 4.98 Å². The van der Waals surface area contributed by atoms with Crippen LogP contribution in [0.3, 0.4) is 0 Å². The number of alkyl carbamates (subject to hydrolysis) is 1. The molecule has 3 rings (SSSR count). The first-order chi connectivity index (χ1) is 42.6. The Bertz CT molecular complexity index is 2560. The van der Waals surface area contributed by atoms with E-state index in [9.17, 15) is 48.1 Å². The number of phosphoric acid groups is 1. The number of carboxylic acids is 1. The molecule has 24 nitrogen and oxygen atoms in total. The quantitative estimate of drug-likeness (QED) is 0.0113. The van der Waals surface area contributed by atoms with Gasteiger partial charge >= 0.3 is 31.8 Å². The van der Waals surface area contributed by atoms with Crippen molar-refractivity contribution in [1.29, 1.82) is 0 Å². The van der Waals surface area contributed by atoms with Gasteiger partial charge in [-0.25, -0.2) is 24.1 Å².